The van der Waals surface area contributed by atoms with Crippen molar-refractivity contribution in [2.45, 2.75) is 46.6 Å². The van der Waals surface area contributed by atoms with Gasteiger partial charge >= 0.3 is 0 Å². The first-order chi connectivity index (χ1) is 8.04. The summed E-state index contributed by atoms with van der Waals surface area (Å²) < 4.78 is 1.21. The summed E-state index contributed by atoms with van der Waals surface area (Å²) in [5.74, 6) is 0.769. The Morgan fingerprint density at radius 1 is 1.24 bits per heavy atom. The fourth-order valence-electron chi connectivity index (χ4n) is 1.96. The van der Waals surface area contributed by atoms with Crippen molar-refractivity contribution in [2.75, 3.05) is 6.54 Å². The normalized spacial score (nSPS) is 13.1. The molecule has 0 heterocycles. The second-order valence-corrected chi connectivity index (χ2v) is 5.94. The maximum atomic E-state index is 3.62. The zero-order valence-corrected chi connectivity index (χ0v) is 13.0. The van der Waals surface area contributed by atoms with Crippen LogP contribution in [0.5, 0.6) is 0 Å². The van der Waals surface area contributed by atoms with Gasteiger partial charge in [-0.15, -0.1) is 0 Å². The molecule has 0 spiro atoms. The SMILES string of the molecule is CCNC(CCC(C)C)c1ccc(C)c(Br)c1. The number of aryl methyl sites for hydroxylation is 1. The molecule has 17 heavy (non-hydrogen) atoms. The standard InChI is InChI=1S/C15H24BrN/c1-5-17-15(9-6-11(2)3)13-8-7-12(4)14(16)10-13/h7-8,10-11,15,17H,5-6,9H2,1-4H3. The van der Waals surface area contributed by atoms with E-state index < -0.39 is 0 Å². The van der Waals surface area contributed by atoms with E-state index in [1.807, 2.05) is 0 Å². The van der Waals surface area contributed by atoms with Gasteiger partial charge in [0.05, 0.1) is 0 Å². The predicted molar refractivity (Wildman–Crippen MR) is 79.4 cm³/mol. The first-order valence-electron chi connectivity index (χ1n) is 6.54. The molecule has 1 N–H and O–H groups in total. The lowest BCUT2D eigenvalue weighted by Gasteiger charge is -2.20. The lowest BCUT2D eigenvalue weighted by atomic mass is 9.97. The number of hydrogen-bond acceptors (Lipinski definition) is 1. The molecule has 0 radical (unpaired) electrons. The quantitative estimate of drug-likeness (QED) is 0.792. The molecule has 0 saturated carbocycles. The molecule has 1 nitrogen and oxygen atoms in total. The highest BCUT2D eigenvalue weighted by atomic mass is 79.9. The molecule has 2 heteroatoms. The van der Waals surface area contributed by atoms with Gasteiger partial charge in [0.25, 0.3) is 0 Å². The van der Waals surface area contributed by atoms with Crippen molar-refractivity contribution in [1.29, 1.82) is 0 Å². The van der Waals surface area contributed by atoms with Crippen LogP contribution in [0.3, 0.4) is 0 Å². The van der Waals surface area contributed by atoms with E-state index in [0.29, 0.717) is 6.04 Å². The molecule has 0 aliphatic heterocycles. The molecule has 0 amide bonds. The van der Waals surface area contributed by atoms with Gasteiger partial charge in [-0.25, -0.2) is 0 Å². The monoisotopic (exact) mass is 297 g/mol. The van der Waals surface area contributed by atoms with Crippen LogP contribution in [-0.4, -0.2) is 6.54 Å². The fraction of sp³-hybridized carbons (Fsp3) is 0.600. The van der Waals surface area contributed by atoms with Crippen molar-refractivity contribution in [2.24, 2.45) is 5.92 Å². The van der Waals surface area contributed by atoms with E-state index in [4.69, 9.17) is 0 Å². The van der Waals surface area contributed by atoms with Crippen LogP contribution in [0.2, 0.25) is 0 Å². The van der Waals surface area contributed by atoms with Gasteiger partial charge in [-0.1, -0.05) is 48.8 Å². The lowest BCUT2D eigenvalue weighted by molar-refractivity contribution is 0.448. The summed E-state index contributed by atoms with van der Waals surface area (Å²) in [4.78, 5) is 0. The van der Waals surface area contributed by atoms with Gasteiger partial charge in [0, 0.05) is 10.5 Å². The third-order valence-electron chi connectivity index (χ3n) is 3.08. The van der Waals surface area contributed by atoms with Crippen LogP contribution < -0.4 is 5.32 Å². The van der Waals surface area contributed by atoms with Crippen molar-refractivity contribution < 1.29 is 0 Å². The summed E-state index contributed by atoms with van der Waals surface area (Å²) in [5.41, 5.74) is 2.69. The first kappa shape index (κ1) is 14.7. The smallest absolute Gasteiger partial charge is 0.0320 e. The minimum atomic E-state index is 0.485. The minimum Gasteiger partial charge on any atom is -0.310 e. The van der Waals surface area contributed by atoms with Crippen LogP contribution in [0, 0.1) is 12.8 Å². The van der Waals surface area contributed by atoms with E-state index >= 15 is 0 Å². The van der Waals surface area contributed by atoms with Crippen molar-refractivity contribution in [3.05, 3.63) is 33.8 Å². The summed E-state index contributed by atoms with van der Waals surface area (Å²) in [6.45, 7) is 9.90. The number of nitrogens with one attached hydrogen (secondary N) is 1. The summed E-state index contributed by atoms with van der Waals surface area (Å²) >= 11 is 3.62. The molecule has 1 aromatic carbocycles. The second kappa shape index (κ2) is 7.17. The molecule has 0 bridgehead atoms. The van der Waals surface area contributed by atoms with Crippen molar-refractivity contribution in [3.8, 4) is 0 Å². The lowest BCUT2D eigenvalue weighted by Crippen LogP contribution is -2.21. The van der Waals surface area contributed by atoms with Crippen molar-refractivity contribution in [1.82, 2.24) is 5.32 Å². The Labute approximate surface area is 114 Å². The highest BCUT2D eigenvalue weighted by molar-refractivity contribution is 9.10. The number of halogens is 1. The van der Waals surface area contributed by atoms with Gasteiger partial charge in [-0.2, -0.15) is 0 Å². The molecule has 1 rings (SSSR count). The molecular formula is C15H24BrN. The molecule has 1 aromatic rings. The number of hydrogen-bond donors (Lipinski definition) is 1. The summed E-state index contributed by atoms with van der Waals surface area (Å²) in [6.07, 6.45) is 2.48. The topological polar surface area (TPSA) is 12.0 Å². The summed E-state index contributed by atoms with van der Waals surface area (Å²) in [5, 5.41) is 3.58. The van der Waals surface area contributed by atoms with Crippen molar-refractivity contribution in [3.63, 3.8) is 0 Å². The Balaban J connectivity index is 2.77. The van der Waals surface area contributed by atoms with Crippen LogP contribution in [0.25, 0.3) is 0 Å². The molecule has 1 unspecified atom stereocenters. The highest BCUT2D eigenvalue weighted by Gasteiger charge is 2.11. The molecule has 0 fully saturated rings. The Morgan fingerprint density at radius 2 is 1.94 bits per heavy atom. The van der Waals surface area contributed by atoms with Crippen LogP contribution in [-0.2, 0) is 0 Å². The fourth-order valence-corrected chi connectivity index (χ4v) is 2.36. The molecular weight excluding hydrogens is 274 g/mol. The Kier molecular flexibility index (Phi) is 6.21. The van der Waals surface area contributed by atoms with Crippen molar-refractivity contribution >= 4 is 15.9 Å². The Bertz CT molecular complexity index is 347. The van der Waals surface area contributed by atoms with E-state index in [-0.39, 0.29) is 0 Å². The zero-order chi connectivity index (χ0) is 12.8. The van der Waals surface area contributed by atoms with Crippen LogP contribution in [0.1, 0.15) is 50.8 Å². The van der Waals surface area contributed by atoms with E-state index in [1.54, 1.807) is 0 Å². The number of rotatable bonds is 6. The molecule has 0 saturated heterocycles. The average Bonchev–Trinajstić information content (AvgIpc) is 2.28. The summed E-state index contributed by atoms with van der Waals surface area (Å²) in [7, 11) is 0. The Hall–Kier alpha value is -0.340. The third kappa shape index (κ3) is 4.81. The predicted octanol–water partition coefficient (Wildman–Crippen LogP) is 4.84. The van der Waals surface area contributed by atoms with Gasteiger partial charge in [0.1, 0.15) is 0 Å². The van der Waals surface area contributed by atoms with E-state index in [2.05, 4.69) is 67.1 Å². The first-order valence-corrected chi connectivity index (χ1v) is 7.33. The van der Waals surface area contributed by atoms with Gasteiger partial charge in [-0.05, 0) is 49.4 Å². The second-order valence-electron chi connectivity index (χ2n) is 5.09. The molecule has 96 valence electrons. The Morgan fingerprint density at radius 3 is 2.47 bits per heavy atom. The molecule has 1 atom stereocenters. The molecule has 0 aromatic heterocycles. The van der Waals surface area contributed by atoms with Gasteiger partial charge < -0.3 is 5.32 Å². The third-order valence-corrected chi connectivity index (χ3v) is 3.94. The number of benzene rings is 1. The highest BCUT2D eigenvalue weighted by Crippen LogP contribution is 2.25. The van der Waals surface area contributed by atoms with Crippen LogP contribution >= 0.6 is 15.9 Å². The zero-order valence-electron chi connectivity index (χ0n) is 11.4. The average molecular weight is 298 g/mol. The maximum Gasteiger partial charge on any atom is 0.0320 e. The molecule has 0 aliphatic carbocycles. The van der Waals surface area contributed by atoms with E-state index in [1.165, 1.54) is 28.4 Å². The van der Waals surface area contributed by atoms with Crippen LogP contribution in [0.4, 0.5) is 0 Å². The largest absolute Gasteiger partial charge is 0.310 e. The van der Waals surface area contributed by atoms with E-state index in [9.17, 15) is 0 Å². The minimum absolute atomic E-state index is 0.485. The van der Waals surface area contributed by atoms with Crippen LogP contribution in [0.15, 0.2) is 22.7 Å². The van der Waals surface area contributed by atoms with E-state index in [0.717, 1.165) is 12.5 Å². The van der Waals surface area contributed by atoms with Gasteiger partial charge in [0.15, 0.2) is 0 Å². The summed E-state index contributed by atoms with van der Waals surface area (Å²) in [6, 6.07) is 7.18. The van der Waals surface area contributed by atoms with Gasteiger partial charge in [-0.3, -0.25) is 0 Å². The van der Waals surface area contributed by atoms with Gasteiger partial charge in [0.2, 0.25) is 0 Å². The maximum absolute atomic E-state index is 3.62. The molecule has 0 aliphatic rings.